The summed E-state index contributed by atoms with van der Waals surface area (Å²) in [6, 6.07) is 11.5. The molecule has 42 heavy (non-hydrogen) atoms. The van der Waals surface area contributed by atoms with Crippen LogP contribution in [0.25, 0.3) is 11.1 Å². The molecule has 1 saturated heterocycles. The van der Waals surface area contributed by atoms with Crippen LogP contribution >= 0.6 is 11.5 Å². The molecule has 2 aromatic carbocycles. The Kier molecular flexibility index (Phi) is 10.9. The number of hydrogen-bond acceptors (Lipinski definition) is 10. The molecule has 13 heteroatoms. The van der Waals surface area contributed by atoms with Gasteiger partial charge in [-0.1, -0.05) is 30.7 Å². The number of unbranched alkanes of at least 4 members (excludes halogenated alkanes) is 1. The Bertz CT molecular complexity index is 1380. The molecule has 4 rings (SSSR count). The van der Waals surface area contributed by atoms with Gasteiger partial charge in [0.2, 0.25) is 11.9 Å². The van der Waals surface area contributed by atoms with Crippen LogP contribution in [0.4, 0.5) is 20.8 Å². The molecule has 2 atom stereocenters. The van der Waals surface area contributed by atoms with Crippen LogP contribution in [-0.4, -0.2) is 52.4 Å². The zero-order chi connectivity index (χ0) is 30.1. The van der Waals surface area contributed by atoms with E-state index in [4.69, 9.17) is 16.2 Å². The minimum atomic E-state index is -0.572. The Balaban J connectivity index is 1.27. The fourth-order valence-electron chi connectivity index (χ4n) is 4.47. The maximum Gasteiger partial charge on any atom is 0.414 e. The number of Topliss-reactive ketones (excluding diaryl/α,β-unsaturated/α-hetero) is 1. The monoisotopic (exact) mass is 597 g/mol. The van der Waals surface area contributed by atoms with Crippen LogP contribution in [-0.2, 0) is 27.4 Å². The second kappa shape index (κ2) is 14.8. The lowest BCUT2D eigenvalue weighted by molar-refractivity contribution is -0.122. The highest BCUT2D eigenvalue weighted by Gasteiger charge is 2.32. The number of hydrogen-bond donors (Lipinski definition) is 4. The number of aromatic nitrogens is 2. The van der Waals surface area contributed by atoms with E-state index in [2.05, 4.69) is 20.0 Å². The Morgan fingerprint density at radius 2 is 1.98 bits per heavy atom. The minimum absolute atomic E-state index is 0.0317. The lowest BCUT2D eigenvalue weighted by Gasteiger charge is -2.14. The molecule has 2 heterocycles. The molecule has 0 radical (unpaired) electrons. The van der Waals surface area contributed by atoms with Crippen LogP contribution in [0.2, 0.25) is 0 Å². The SMILES string of the molecule is CC(=O)CC[C@H]1CN(c2ccc(-c3ccc(CNc4nsc(CNC(=O)[C@H](N)CCCCN)n4)cc3)c(F)c2)C(=O)O1. The van der Waals surface area contributed by atoms with Gasteiger partial charge in [-0.25, -0.2) is 14.2 Å². The van der Waals surface area contributed by atoms with Gasteiger partial charge in [0.1, 0.15) is 22.7 Å². The van der Waals surface area contributed by atoms with Crippen LogP contribution in [0, 0.1) is 5.82 Å². The standard InChI is InChI=1S/C29H36FN7O4S/c1-18(38)5-11-22-17-37(29(40)41-22)21-10-12-23(24(30)14-21)20-8-6-19(7-9-20)15-34-28-35-26(42-36-28)16-33-27(39)25(32)4-2-3-13-31/h6-10,12,14,22,25H,2-5,11,13,15-17,31-32H2,1H3,(H,33,39)(H,34,36)/t22-,25+/m0/s1. The van der Waals surface area contributed by atoms with Crippen LogP contribution in [0.1, 0.15) is 49.6 Å². The van der Waals surface area contributed by atoms with Gasteiger partial charge in [-0.05, 0) is 73.6 Å². The molecule has 2 amide bonds. The zero-order valence-electron chi connectivity index (χ0n) is 23.5. The first kappa shape index (κ1) is 31.0. The van der Waals surface area contributed by atoms with Gasteiger partial charge in [-0.2, -0.15) is 4.37 Å². The highest BCUT2D eigenvalue weighted by molar-refractivity contribution is 7.05. The zero-order valence-corrected chi connectivity index (χ0v) is 24.3. The predicted molar refractivity (Wildman–Crippen MR) is 159 cm³/mol. The number of nitrogens with one attached hydrogen (secondary N) is 2. The van der Waals surface area contributed by atoms with E-state index in [0.29, 0.717) is 60.1 Å². The van der Waals surface area contributed by atoms with E-state index >= 15 is 4.39 Å². The molecule has 6 N–H and O–H groups in total. The molecular weight excluding hydrogens is 561 g/mol. The van der Waals surface area contributed by atoms with Crippen molar-refractivity contribution in [1.82, 2.24) is 14.7 Å². The number of carbonyl (C=O) groups excluding carboxylic acids is 3. The van der Waals surface area contributed by atoms with Crippen LogP contribution in [0.3, 0.4) is 0 Å². The summed E-state index contributed by atoms with van der Waals surface area (Å²) >= 11 is 1.19. The average Bonchev–Trinajstić information content (AvgIpc) is 3.60. The van der Waals surface area contributed by atoms with Crippen molar-refractivity contribution < 1.29 is 23.5 Å². The van der Waals surface area contributed by atoms with E-state index in [-0.39, 0.29) is 24.8 Å². The fourth-order valence-corrected chi connectivity index (χ4v) is 5.03. The van der Waals surface area contributed by atoms with E-state index in [1.165, 1.54) is 29.4 Å². The van der Waals surface area contributed by atoms with Crippen molar-refractivity contribution in [3.63, 3.8) is 0 Å². The number of rotatable bonds is 15. The van der Waals surface area contributed by atoms with E-state index < -0.39 is 24.1 Å². The van der Waals surface area contributed by atoms with Crippen LogP contribution in [0.5, 0.6) is 0 Å². The molecule has 0 aliphatic carbocycles. The number of ether oxygens (including phenoxy) is 1. The van der Waals surface area contributed by atoms with Crippen molar-refractivity contribution in [3.05, 3.63) is 58.9 Å². The Morgan fingerprint density at radius 3 is 2.69 bits per heavy atom. The Morgan fingerprint density at radius 1 is 1.19 bits per heavy atom. The maximum atomic E-state index is 15.1. The first-order valence-corrected chi connectivity index (χ1v) is 14.7. The van der Waals surface area contributed by atoms with Gasteiger partial charge in [0, 0.05) is 18.5 Å². The number of carbonyl (C=O) groups is 3. The lowest BCUT2D eigenvalue weighted by Crippen LogP contribution is -2.40. The van der Waals surface area contributed by atoms with Gasteiger partial charge in [0.15, 0.2) is 0 Å². The van der Waals surface area contributed by atoms with Gasteiger partial charge in [-0.15, -0.1) is 0 Å². The lowest BCUT2D eigenvalue weighted by atomic mass is 10.0. The fraction of sp³-hybridized carbons (Fsp3) is 0.414. The van der Waals surface area contributed by atoms with Crippen LogP contribution in [0.15, 0.2) is 42.5 Å². The van der Waals surface area contributed by atoms with Gasteiger partial charge in [0.25, 0.3) is 0 Å². The highest BCUT2D eigenvalue weighted by Crippen LogP contribution is 2.30. The van der Waals surface area contributed by atoms with Crippen molar-refractivity contribution in [2.75, 3.05) is 23.3 Å². The predicted octanol–water partition coefficient (Wildman–Crippen LogP) is 3.72. The topological polar surface area (TPSA) is 166 Å². The summed E-state index contributed by atoms with van der Waals surface area (Å²) in [5.41, 5.74) is 13.8. The number of benzene rings is 2. The first-order chi connectivity index (χ1) is 20.2. The van der Waals surface area contributed by atoms with Crippen molar-refractivity contribution in [3.8, 4) is 11.1 Å². The Labute approximate surface area is 248 Å². The quantitative estimate of drug-likeness (QED) is 0.191. The van der Waals surface area contributed by atoms with Crippen molar-refractivity contribution in [1.29, 1.82) is 0 Å². The molecule has 0 bridgehead atoms. The smallest absolute Gasteiger partial charge is 0.414 e. The number of nitrogens with two attached hydrogens (primary N) is 2. The van der Waals surface area contributed by atoms with Gasteiger partial charge in [0.05, 0.1) is 24.8 Å². The molecule has 1 fully saturated rings. The summed E-state index contributed by atoms with van der Waals surface area (Å²) in [4.78, 5) is 41.4. The first-order valence-electron chi connectivity index (χ1n) is 13.9. The van der Waals surface area contributed by atoms with Crippen molar-refractivity contribution in [2.45, 2.75) is 64.3 Å². The molecule has 3 aromatic rings. The number of anilines is 2. The van der Waals surface area contributed by atoms with Gasteiger partial charge in [-0.3, -0.25) is 9.69 Å². The average molecular weight is 598 g/mol. The number of cyclic esters (lactones) is 1. The third kappa shape index (κ3) is 8.54. The maximum absolute atomic E-state index is 15.1. The molecule has 1 aromatic heterocycles. The molecule has 1 aliphatic heterocycles. The summed E-state index contributed by atoms with van der Waals surface area (Å²) in [5.74, 6) is -0.201. The highest BCUT2D eigenvalue weighted by atomic mass is 32.1. The second-order valence-corrected chi connectivity index (χ2v) is 11.0. The molecule has 0 unspecified atom stereocenters. The van der Waals surface area contributed by atoms with E-state index in [0.717, 1.165) is 18.4 Å². The summed E-state index contributed by atoms with van der Waals surface area (Å²) in [6.07, 6.45) is 2.07. The van der Waals surface area contributed by atoms with E-state index in [1.807, 2.05) is 24.3 Å². The van der Waals surface area contributed by atoms with Crippen molar-refractivity contribution in [2.24, 2.45) is 11.5 Å². The minimum Gasteiger partial charge on any atom is -0.444 e. The summed E-state index contributed by atoms with van der Waals surface area (Å²) in [7, 11) is 0. The third-order valence-electron chi connectivity index (χ3n) is 6.86. The third-order valence-corrected chi connectivity index (χ3v) is 7.57. The molecule has 224 valence electrons. The second-order valence-electron chi connectivity index (χ2n) is 10.2. The number of halogens is 1. The number of ketones is 1. The normalized spacial score (nSPS) is 15.4. The van der Waals surface area contributed by atoms with E-state index in [1.54, 1.807) is 12.1 Å². The molecular formula is C29H36FN7O4S. The summed E-state index contributed by atoms with van der Waals surface area (Å²) in [5, 5.41) is 6.60. The molecule has 1 aliphatic rings. The summed E-state index contributed by atoms with van der Waals surface area (Å²) in [6.45, 7) is 3.06. The molecule has 0 saturated carbocycles. The van der Waals surface area contributed by atoms with Gasteiger partial charge < -0.3 is 31.6 Å². The number of nitrogens with zero attached hydrogens (tertiary/aromatic N) is 3. The molecule has 0 spiro atoms. The summed E-state index contributed by atoms with van der Waals surface area (Å²) < 4.78 is 24.7. The van der Waals surface area contributed by atoms with E-state index in [9.17, 15) is 14.4 Å². The molecule has 11 nitrogen and oxygen atoms in total. The van der Waals surface area contributed by atoms with Crippen LogP contribution < -0.4 is 27.0 Å². The van der Waals surface area contributed by atoms with Crippen molar-refractivity contribution >= 4 is 41.0 Å². The largest absolute Gasteiger partial charge is 0.444 e. The van der Waals surface area contributed by atoms with Gasteiger partial charge >= 0.3 is 6.09 Å². The number of amides is 2. The Hall–Kier alpha value is -3.94.